The van der Waals surface area contributed by atoms with Crippen molar-refractivity contribution in [3.63, 3.8) is 0 Å². The minimum absolute atomic E-state index is 0.198. The number of rotatable bonds is 3. The quantitative estimate of drug-likeness (QED) is 0.602. The van der Waals surface area contributed by atoms with E-state index in [2.05, 4.69) is 22.3 Å². The third-order valence-electron chi connectivity index (χ3n) is 3.57. The van der Waals surface area contributed by atoms with Gasteiger partial charge in [0.25, 0.3) is 0 Å². The zero-order valence-electron chi connectivity index (χ0n) is 9.76. The fraction of sp³-hybridized carbons (Fsp3) is 0.667. The molecule has 1 aromatic heterocycles. The summed E-state index contributed by atoms with van der Waals surface area (Å²) in [6, 6.07) is 0.198. The Morgan fingerprint density at radius 1 is 1.38 bits per heavy atom. The van der Waals surface area contributed by atoms with Crippen LogP contribution in [0.4, 0.5) is 0 Å². The summed E-state index contributed by atoms with van der Waals surface area (Å²) in [7, 11) is 0. The van der Waals surface area contributed by atoms with Crippen LogP contribution in [0.5, 0.6) is 0 Å². The van der Waals surface area contributed by atoms with Crippen LogP contribution in [0.3, 0.4) is 0 Å². The lowest BCUT2D eigenvalue weighted by atomic mass is 9.77. The highest BCUT2D eigenvalue weighted by Gasteiger charge is 2.27. The minimum atomic E-state index is 0.198. The molecule has 3 atom stereocenters. The molecule has 4 nitrogen and oxygen atoms in total. The highest BCUT2D eigenvalue weighted by atomic mass is 15.2. The number of aromatic nitrogens is 2. The van der Waals surface area contributed by atoms with Crippen LogP contribution in [-0.4, -0.2) is 9.97 Å². The van der Waals surface area contributed by atoms with Gasteiger partial charge in [0, 0.05) is 18.0 Å². The standard InChI is InChI=1S/C12H20N4/c1-9-3-2-4-10(5-9)12(16-13)11-6-14-8-15-7-11/h6-10,12,16H,2-5,13H2,1H3. The molecule has 1 aromatic rings. The summed E-state index contributed by atoms with van der Waals surface area (Å²) < 4.78 is 0. The maximum absolute atomic E-state index is 5.68. The summed E-state index contributed by atoms with van der Waals surface area (Å²) in [6.07, 6.45) is 10.4. The molecule has 0 bridgehead atoms. The van der Waals surface area contributed by atoms with Crippen molar-refractivity contribution in [3.05, 3.63) is 24.3 Å². The summed E-state index contributed by atoms with van der Waals surface area (Å²) in [5, 5.41) is 0. The van der Waals surface area contributed by atoms with Crippen LogP contribution in [0.25, 0.3) is 0 Å². The number of hydrazine groups is 1. The zero-order valence-corrected chi connectivity index (χ0v) is 9.76. The average Bonchev–Trinajstić information content (AvgIpc) is 2.31. The van der Waals surface area contributed by atoms with Crippen LogP contribution in [0.2, 0.25) is 0 Å². The molecule has 0 radical (unpaired) electrons. The third kappa shape index (κ3) is 2.57. The molecule has 3 unspecified atom stereocenters. The van der Waals surface area contributed by atoms with Gasteiger partial charge in [-0.05, 0) is 24.7 Å². The highest BCUT2D eigenvalue weighted by Crippen LogP contribution is 2.36. The smallest absolute Gasteiger partial charge is 0.115 e. The minimum Gasteiger partial charge on any atom is -0.271 e. The maximum Gasteiger partial charge on any atom is 0.115 e. The van der Waals surface area contributed by atoms with E-state index in [1.165, 1.54) is 25.7 Å². The predicted molar refractivity (Wildman–Crippen MR) is 63.2 cm³/mol. The molecule has 1 aliphatic carbocycles. The Morgan fingerprint density at radius 2 is 2.12 bits per heavy atom. The van der Waals surface area contributed by atoms with Gasteiger partial charge in [0.2, 0.25) is 0 Å². The first-order valence-electron chi connectivity index (χ1n) is 6.02. The molecule has 0 aliphatic heterocycles. The second-order valence-electron chi connectivity index (χ2n) is 4.85. The third-order valence-corrected chi connectivity index (χ3v) is 3.57. The van der Waals surface area contributed by atoms with Crippen LogP contribution in [0.1, 0.15) is 44.2 Å². The van der Waals surface area contributed by atoms with Crippen molar-refractivity contribution >= 4 is 0 Å². The van der Waals surface area contributed by atoms with E-state index in [4.69, 9.17) is 5.84 Å². The van der Waals surface area contributed by atoms with E-state index >= 15 is 0 Å². The van der Waals surface area contributed by atoms with Crippen molar-refractivity contribution in [2.75, 3.05) is 0 Å². The van der Waals surface area contributed by atoms with Gasteiger partial charge in [0.15, 0.2) is 0 Å². The van der Waals surface area contributed by atoms with Crippen LogP contribution < -0.4 is 11.3 Å². The monoisotopic (exact) mass is 220 g/mol. The first-order valence-corrected chi connectivity index (χ1v) is 6.02. The van der Waals surface area contributed by atoms with Crippen LogP contribution >= 0.6 is 0 Å². The Kier molecular flexibility index (Phi) is 3.85. The van der Waals surface area contributed by atoms with Crippen LogP contribution in [0.15, 0.2) is 18.7 Å². The van der Waals surface area contributed by atoms with E-state index in [1.807, 2.05) is 12.4 Å². The zero-order chi connectivity index (χ0) is 11.4. The number of nitrogens with zero attached hydrogens (tertiary/aromatic N) is 2. The van der Waals surface area contributed by atoms with Crippen molar-refractivity contribution in [2.24, 2.45) is 17.7 Å². The molecule has 0 saturated heterocycles. The predicted octanol–water partition coefficient (Wildman–Crippen LogP) is 1.81. The van der Waals surface area contributed by atoms with E-state index in [0.29, 0.717) is 5.92 Å². The Bertz CT molecular complexity index is 314. The molecule has 2 rings (SSSR count). The van der Waals surface area contributed by atoms with Gasteiger partial charge in [-0.25, -0.2) is 9.97 Å². The first-order chi connectivity index (χ1) is 7.81. The van der Waals surface area contributed by atoms with Gasteiger partial charge in [0.05, 0.1) is 6.04 Å². The lowest BCUT2D eigenvalue weighted by Gasteiger charge is -2.32. The number of nitrogens with two attached hydrogens (primary N) is 1. The van der Waals surface area contributed by atoms with Crippen LogP contribution in [0, 0.1) is 11.8 Å². The van der Waals surface area contributed by atoms with E-state index in [9.17, 15) is 0 Å². The van der Waals surface area contributed by atoms with E-state index in [-0.39, 0.29) is 6.04 Å². The van der Waals surface area contributed by atoms with Crippen molar-refractivity contribution in [1.82, 2.24) is 15.4 Å². The SMILES string of the molecule is CC1CCCC(C(NN)c2cncnc2)C1. The van der Waals surface area contributed by atoms with Crippen molar-refractivity contribution in [3.8, 4) is 0 Å². The average molecular weight is 220 g/mol. The Hall–Kier alpha value is -1.00. The molecule has 3 N–H and O–H groups in total. The number of hydrogen-bond donors (Lipinski definition) is 2. The van der Waals surface area contributed by atoms with E-state index < -0.39 is 0 Å². The lowest BCUT2D eigenvalue weighted by molar-refractivity contribution is 0.224. The molecule has 88 valence electrons. The number of hydrogen-bond acceptors (Lipinski definition) is 4. The molecule has 1 saturated carbocycles. The van der Waals surface area contributed by atoms with Gasteiger partial charge in [0.1, 0.15) is 6.33 Å². The second kappa shape index (κ2) is 5.37. The number of nitrogens with one attached hydrogen (secondary N) is 1. The Balaban J connectivity index is 2.10. The molecular weight excluding hydrogens is 200 g/mol. The van der Waals surface area contributed by atoms with E-state index in [1.54, 1.807) is 6.33 Å². The summed E-state index contributed by atoms with van der Waals surface area (Å²) >= 11 is 0. The summed E-state index contributed by atoms with van der Waals surface area (Å²) in [6.45, 7) is 2.32. The molecule has 16 heavy (non-hydrogen) atoms. The summed E-state index contributed by atoms with van der Waals surface area (Å²) in [4.78, 5) is 8.12. The fourth-order valence-corrected chi connectivity index (χ4v) is 2.76. The van der Waals surface area contributed by atoms with E-state index in [0.717, 1.165) is 11.5 Å². The van der Waals surface area contributed by atoms with Crippen molar-refractivity contribution in [1.29, 1.82) is 0 Å². The Morgan fingerprint density at radius 3 is 2.75 bits per heavy atom. The fourth-order valence-electron chi connectivity index (χ4n) is 2.76. The highest BCUT2D eigenvalue weighted by molar-refractivity contribution is 5.10. The topological polar surface area (TPSA) is 63.8 Å². The van der Waals surface area contributed by atoms with Gasteiger partial charge in [-0.1, -0.05) is 19.8 Å². The summed E-state index contributed by atoms with van der Waals surface area (Å²) in [5.74, 6) is 7.09. The maximum atomic E-state index is 5.68. The second-order valence-corrected chi connectivity index (χ2v) is 4.85. The van der Waals surface area contributed by atoms with Gasteiger partial charge in [-0.15, -0.1) is 0 Å². The first kappa shape index (κ1) is 11.5. The normalized spacial score (nSPS) is 27.6. The molecule has 1 aliphatic rings. The Labute approximate surface area is 96.6 Å². The molecular formula is C12H20N4. The molecule has 0 aromatic carbocycles. The van der Waals surface area contributed by atoms with Crippen molar-refractivity contribution in [2.45, 2.75) is 38.6 Å². The van der Waals surface area contributed by atoms with Gasteiger partial charge < -0.3 is 0 Å². The van der Waals surface area contributed by atoms with Gasteiger partial charge in [-0.3, -0.25) is 11.3 Å². The molecule has 1 heterocycles. The molecule has 0 amide bonds. The molecule has 4 heteroatoms. The van der Waals surface area contributed by atoms with Crippen molar-refractivity contribution < 1.29 is 0 Å². The van der Waals surface area contributed by atoms with Gasteiger partial charge in [-0.2, -0.15) is 0 Å². The van der Waals surface area contributed by atoms with Crippen LogP contribution in [-0.2, 0) is 0 Å². The molecule has 1 fully saturated rings. The van der Waals surface area contributed by atoms with Gasteiger partial charge >= 0.3 is 0 Å². The lowest BCUT2D eigenvalue weighted by Crippen LogP contribution is -2.35. The largest absolute Gasteiger partial charge is 0.271 e. The summed E-state index contributed by atoms with van der Waals surface area (Å²) in [5.41, 5.74) is 4.03. The molecule has 0 spiro atoms.